The summed E-state index contributed by atoms with van der Waals surface area (Å²) in [6.07, 6.45) is 7.26. The first-order valence-corrected chi connectivity index (χ1v) is 8.93. The molecule has 0 spiro atoms. The van der Waals surface area contributed by atoms with E-state index in [-0.39, 0.29) is 6.04 Å². The fourth-order valence-electron chi connectivity index (χ4n) is 3.57. The maximum atomic E-state index is 5.60. The average Bonchev–Trinajstić information content (AvgIpc) is 3.41. The van der Waals surface area contributed by atoms with Crippen molar-refractivity contribution < 1.29 is 4.74 Å². The van der Waals surface area contributed by atoms with E-state index in [1.807, 2.05) is 34.7 Å². The van der Waals surface area contributed by atoms with Gasteiger partial charge in [0.15, 0.2) is 5.65 Å². The minimum Gasteiger partial charge on any atom is -0.377 e. The van der Waals surface area contributed by atoms with Gasteiger partial charge in [-0.05, 0) is 13.0 Å². The summed E-state index contributed by atoms with van der Waals surface area (Å²) in [6.45, 7) is 4.36. The van der Waals surface area contributed by atoms with E-state index in [0.29, 0.717) is 13.2 Å². The monoisotopic (exact) mass is 364 g/mol. The van der Waals surface area contributed by atoms with Gasteiger partial charge >= 0.3 is 0 Å². The van der Waals surface area contributed by atoms with E-state index in [4.69, 9.17) is 9.72 Å². The number of nitrogens with zero attached hydrogens (tertiary/aromatic N) is 7. The van der Waals surface area contributed by atoms with Crippen LogP contribution in [-0.4, -0.2) is 60.4 Å². The van der Waals surface area contributed by atoms with Crippen LogP contribution in [0.1, 0.15) is 6.92 Å². The van der Waals surface area contributed by atoms with E-state index in [2.05, 4.69) is 38.3 Å². The van der Waals surface area contributed by atoms with Crippen molar-refractivity contribution in [2.75, 3.05) is 24.7 Å². The second-order valence-corrected chi connectivity index (χ2v) is 6.74. The number of fused-ring (bicyclic) bond motifs is 1. The van der Waals surface area contributed by atoms with Crippen LogP contribution in [0.15, 0.2) is 36.9 Å². The number of hydrogen-bond donors (Lipinski definition) is 1. The molecule has 0 radical (unpaired) electrons. The Morgan fingerprint density at radius 1 is 1.22 bits per heavy atom. The highest BCUT2D eigenvalue weighted by atomic mass is 16.5. The molecule has 1 aliphatic heterocycles. The van der Waals surface area contributed by atoms with Crippen molar-refractivity contribution in [2.45, 2.75) is 13.0 Å². The molecule has 27 heavy (non-hydrogen) atoms. The number of rotatable bonds is 3. The van der Waals surface area contributed by atoms with Gasteiger partial charge in [-0.15, -0.1) is 0 Å². The molecule has 1 unspecified atom stereocenters. The molecule has 1 atom stereocenters. The lowest BCUT2D eigenvalue weighted by Gasteiger charge is -2.34. The number of H-pyrrole nitrogens is 1. The first-order valence-electron chi connectivity index (χ1n) is 8.93. The van der Waals surface area contributed by atoms with E-state index >= 15 is 0 Å². The Kier molecular flexibility index (Phi) is 3.68. The van der Waals surface area contributed by atoms with Gasteiger partial charge < -0.3 is 9.64 Å². The molecule has 4 aromatic heterocycles. The highest BCUT2D eigenvalue weighted by Crippen LogP contribution is 2.30. The van der Waals surface area contributed by atoms with E-state index < -0.39 is 0 Å². The van der Waals surface area contributed by atoms with Crippen LogP contribution in [0.5, 0.6) is 0 Å². The standard InChI is InChI=1S/C18H20N8O/c1-12-11-27-6-5-25(12)17-7-16(15-3-4-21-24(15)2)26-18(23-17)14(10-22-26)13-8-19-20-9-13/h3-4,7-10,12H,5-6,11H2,1-2H3,(H,19,20). The molecule has 1 saturated heterocycles. The molecule has 1 aliphatic rings. The topological polar surface area (TPSA) is 89.2 Å². The molecule has 4 aromatic rings. The summed E-state index contributed by atoms with van der Waals surface area (Å²) < 4.78 is 9.31. The van der Waals surface area contributed by atoms with Gasteiger partial charge in [0, 0.05) is 43.2 Å². The predicted molar refractivity (Wildman–Crippen MR) is 100 cm³/mol. The molecule has 138 valence electrons. The van der Waals surface area contributed by atoms with E-state index in [1.54, 1.807) is 12.4 Å². The Balaban J connectivity index is 1.76. The molecule has 0 aromatic carbocycles. The quantitative estimate of drug-likeness (QED) is 0.596. The lowest BCUT2D eigenvalue weighted by Crippen LogP contribution is -2.44. The number of aromatic nitrogens is 7. The molecule has 0 bridgehead atoms. The zero-order chi connectivity index (χ0) is 18.4. The number of aryl methyl sites for hydroxylation is 1. The van der Waals surface area contributed by atoms with Gasteiger partial charge in [0.25, 0.3) is 0 Å². The third-order valence-electron chi connectivity index (χ3n) is 5.01. The maximum absolute atomic E-state index is 5.60. The zero-order valence-electron chi connectivity index (χ0n) is 15.2. The molecule has 5 heterocycles. The Bertz CT molecular complexity index is 1080. The lowest BCUT2D eigenvalue weighted by atomic mass is 10.2. The second-order valence-electron chi connectivity index (χ2n) is 6.74. The van der Waals surface area contributed by atoms with Crippen molar-refractivity contribution in [1.82, 2.24) is 34.6 Å². The van der Waals surface area contributed by atoms with Crippen molar-refractivity contribution >= 4 is 11.5 Å². The van der Waals surface area contributed by atoms with E-state index in [1.165, 1.54) is 0 Å². The SMILES string of the molecule is CC1COCCN1c1cc(-c2ccnn2C)n2ncc(-c3cn[nH]c3)c2n1. The van der Waals surface area contributed by atoms with E-state index in [0.717, 1.165) is 40.5 Å². The normalized spacial score (nSPS) is 17.7. The number of nitrogens with one attached hydrogen (secondary N) is 1. The van der Waals surface area contributed by atoms with Crippen LogP contribution >= 0.6 is 0 Å². The number of aromatic amines is 1. The van der Waals surface area contributed by atoms with Crippen LogP contribution in [0.25, 0.3) is 28.2 Å². The van der Waals surface area contributed by atoms with Crippen LogP contribution in [0.4, 0.5) is 5.82 Å². The fourth-order valence-corrected chi connectivity index (χ4v) is 3.57. The summed E-state index contributed by atoms with van der Waals surface area (Å²) in [5.41, 5.74) is 4.62. The van der Waals surface area contributed by atoms with Crippen molar-refractivity contribution in [2.24, 2.45) is 7.05 Å². The largest absolute Gasteiger partial charge is 0.377 e. The minimum absolute atomic E-state index is 0.258. The maximum Gasteiger partial charge on any atom is 0.166 e. The van der Waals surface area contributed by atoms with Crippen LogP contribution < -0.4 is 4.90 Å². The second kappa shape index (κ2) is 6.20. The van der Waals surface area contributed by atoms with Crippen molar-refractivity contribution in [3.63, 3.8) is 0 Å². The molecule has 9 nitrogen and oxygen atoms in total. The molecule has 0 aliphatic carbocycles. The third-order valence-corrected chi connectivity index (χ3v) is 5.01. The van der Waals surface area contributed by atoms with Gasteiger partial charge in [0.05, 0.1) is 43.0 Å². The Hall–Kier alpha value is -3.20. The number of hydrogen-bond acceptors (Lipinski definition) is 6. The van der Waals surface area contributed by atoms with Gasteiger partial charge in [0.2, 0.25) is 0 Å². The summed E-state index contributed by atoms with van der Waals surface area (Å²) in [4.78, 5) is 7.25. The summed E-state index contributed by atoms with van der Waals surface area (Å²) >= 11 is 0. The number of ether oxygens (including phenoxy) is 1. The summed E-state index contributed by atoms with van der Waals surface area (Å²) in [7, 11) is 1.93. The molecule has 1 N–H and O–H groups in total. The smallest absolute Gasteiger partial charge is 0.166 e. The Labute approximate surface area is 155 Å². The van der Waals surface area contributed by atoms with Crippen molar-refractivity contribution in [3.8, 4) is 22.5 Å². The van der Waals surface area contributed by atoms with Crippen LogP contribution in [-0.2, 0) is 11.8 Å². The van der Waals surface area contributed by atoms with Gasteiger partial charge in [0.1, 0.15) is 5.82 Å². The van der Waals surface area contributed by atoms with E-state index in [9.17, 15) is 0 Å². The number of anilines is 1. The van der Waals surface area contributed by atoms with Gasteiger partial charge in [-0.25, -0.2) is 9.50 Å². The third kappa shape index (κ3) is 2.58. The summed E-state index contributed by atoms with van der Waals surface area (Å²) in [5, 5.41) is 15.9. The fraction of sp³-hybridized carbons (Fsp3) is 0.333. The summed E-state index contributed by atoms with van der Waals surface area (Å²) in [5.74, 6) is 0.916. The molecule has 5 rings (SSSR count). The number of morpholine rings is 1. The van der Waals surface area contributed by atoms with Crippen molar-refractivity contribution in [3.05, 3.63) is 36.9 Å². The Morgan fingerprint density at radius 3 is 2.89 bits per heavy atom. The molecule has 0 saturated carbocycles. The first kappa shape index (κ1) is 16.0. The van der Waals surface area contributed by atoms with Gasteiger partial charge in [-0.3, -0.25) is 9.78 Å². The molecule has 9 heteroatoms. The first-order chi connectivity index (χ1) is 13.2. The molecular formula is C18H20N8O. The molecule has 0 amide bonds. The Morgan fingerprint density at radius 2 is 2.15 bits per heavy atom. The van der Waals surface area contributed by atoms with Crippen LogP contribution in [0.2, 0.25) is 0 Å². The van der Waals surface area contributed by atoms with Crippen molar-refractivity contribution in [1.29, 1.82) is 0 Å². The van der Waals surface area contributed by atoms with Gasteiger partial charge in [-0.1, -0.05) is 0 Å². The summed E-state index contributed by atoms with van der Waals surface area (Å²) in [6, 6.07) is 4.33. The molecule has 1 fully saturated rings. The highest BCUT2D eigenvalue weighted by Gasteiger charge is 2.24. The average molecular weight is 364 g/mol. The molecular weight excluding hydrogens is 344 g/mol. The minimum atomic E-state index is 0.258. The predicted octanol–water partition coefficient (Wildman–Crippen LogP) is 1.74. The lowest BCUT2D eigenvalue weighted by molar-refractivity contribution is 0.0985. The van der Waals surface area contributed by atoms with Gasteiger partial charge in [-0.2, -0.15) is 15.3 Å². The highest BCUT2D eigenvalue weighted by molar-refractivity contribution is 5.79. The zero-order valence-corrected chi connectivity index (χ0v) is 15.2. The van der Waals surface area contributed by atoms with Crippen LogP contribution in [0, 0.1) is 0 Å². The van der Waals surface area contributed by atoms with Crippen LogP contribution in [0.3, 0.4) is 0 Å².